The van der Waals surface area contributed by atoms with Crippen molar-refractivity contribution in [3.05, 3.63) is 11.9 Å². The number of carbonyl (C=O) groups is 1. The van der Waals surface area contributed by atoms with Crippen LogP contribution < -0.4 is 5.73 Å². The third-order valence-corrected chi connectivity index (χ3v) is 2.00. The zero-order valence-electron chi connectivity index (χ0n) is 8.69. The number of nitrogens with one attached hydrogen (secondary N) is 1. The van der Waals surface area contributed by atoms with Crippen molar-refractivity contribution in [2.45, 2.75) is 6.92 Å². The van der Waals surface area contributed by atoms with Crippen LogP contribution in [0.1, 0.15) is 17.4 Å². The molecule has 1 amide bonds. The summed E-state index contributed by atoms with van der Waals surface area (Å²) in [7, 11) is 1.62. The van der Waals surface area contributed by atoms with Gasteiger partial charge < -0.3 is 10.6 Å². The number of rotatable bonds is 3. The van der Waals surface area contributed by atoms with E-state index in [1.165, 1.54) is 11.1 Å². The molecule has 0 fully saturated rings. The number of aromatic nitrogens is 2. The van der Waals surface area contributed by atoms with Gasteiger partial charge in [0.25, 0.3) is 5.91 Å². The van der Waals surface area contributed by atoms with Gasteiger partial charge in [0, 0.05) is 13.6 Å². The van der Waals surface area contributed by atoms with Crippen molar-refractivity contribution in [2.75, 3.05) is 19.3 Å². The quantitative estimate of drug-likeness (QED) is 0.740. The molecule has 6 nitrogen and oxygen atoms in total. The molecule has 0 aliphatic carbocycles. The Morgan fingerprint density at radius 3 is 3.00 bits per heavy atom. The molecule has 1 atom stereocenters. The number of nitrogens with zero attached hydrogens (tertiary/aromatic N) is 3. The molecule has 1 aromatic heterocycles. The van der Waals surface area contributed by atoms with E-state index in [1.807, 2.05) is 0 Å². The topological polar surface area (TPSA) is 98.8 Å². The van der Waals surface area contributed by atoms with Crippen LogP contribution in [0.15, 0.2) is 6.20 Å². The van der Waals surface area contributed by atoms with Gasteiger partial charge in [0.2, 0.25) is 0 Å². The number of nitrogen functional groups attached to an aromatic ring is 1. The van der Waals surface area contributed by atoms with Crippen molar-refractivity contribution in [3.8, 4) is 6.07 Å². The van der Waals surface area contributed by atoms with Crippen molar-refractivity contribution >= 4 is 11.6 Å². The number of carbonyl (C=O) groups excluding carboxylic acids is 1. The number of H-pyrrole nitrogens is 1. The first-order valence-electron chi connectivity index (χ1n) is 4.50. The van der Waals surface area contributed by atoms with E-state index < -0.39 is 0 Å². The van der Waals surface area contributed by atoms with Gasteiger partial charge >= 0.3 is 0 Å². The van der Waals surface area contributed by atoms with Crippen LogP contribution >= 0.6 is 0 Å². The lowest BCUT2D eigenvalue weighted by Crippen LogP contribution is -2.31. The second-order valence-electron chi connectivity index (χ2n) is 3.42. The van der Waals surface area contributed by atoms with Crippen LogP contribution in [0.5, 0.6) is 0 Å². The normalized spacial score (nSPS) is 11.8. The summed E-state index contributed by atoms with van der Waals surface area (Å²) in [4.78, 5) is 13.2. The first-order valence-corrected chi connectivity index (χ1v) is 4.50. The molecule has 0 bridgehead atoms. The lowest BCUT2D eigenvalue weighted by Gasteiger charge is -2.17. The van der Waals surface area contributed by atoms with E-state index in [-0.39, 0.29) is 17.5 Å². The van der Waals surface area contributed by atoms with Gasteiger partial charge in [0.15, 0.2) is 0 Å². The minimum atomic E-state index is -0.257. The molecule has 1 aromatic rings. The Morgan fingerprint density at radius 2 is 2.53 bits per heavy atom. The molecule has 80 valence electrons. The number of hydrogen-bond acceptors (Lipinski definition) is 4. The Balaban J connectivity index is 2.70. The van der Waals surface area contributed by atoms with Crippen molar-refractivity contribution in [1.29, 1.82) is 5.26 Å². The van der Waals surface area contributed by atoms with E-state index >= 15 is 0 Å². The summed E-state index contributed by atoms with van der Waals surface area (Å²) < 4.78 is 0. The summed E-state index contributed by atoms with van der Waals surface area (Å²) in [6.07, 6.45) is 1.38. The van der Waals surface area contributed by atoms with Crippen LogP contribution in [0.25, 0.3) is 0 Å². The van der Waals surface area contributed by atoms with Crippen molar-refractivity contribution in [3.63, 3.8) is 0 Å². The second-order valence-corrected chi connectivity index (χ2v) is 3.42. The van der Waals surface area contributed by atoms with E-state index in [1.54, 1.807) is 14.0 Å². The number of nitriles is 1. The second kappa shape index (κ2) is 4.46. The van der Waals surface area contributed by atoms with Crippen molar-refractivity contribution < 1.29 is 4.79 Å². The number of aromatic amines is 1. The molecule has 1 unspecified atom stereocenters. The zero-order valence-corrected chi connectivity index (χ0v) is 8.69. The van der Waals surface area contributed by atoms with E-state index in [9.17, 15) is 4.79 Å². The smallest absolute Gasteiger partial charge is 0.273 e. The number of anilines is 1. The largest absolute Gasteiger partial charge is 0.396 e. The van der Waals surface area contributed by atoms with Gasteiger partial charge in [0.1, 0.15) is 5.69 Å². The SMILES string of the molecule is CC(C#N)CN(C)C(=O)c1[nH]ncc1N. The van der Waals surface area contributed by atoms with Crippen LogP contribution in [0.3, 0.4) is 0 Å². The average Bonchev–Trinajstić information content (AvgIpc) is 2.63. The standard InChI is InChI=1S/C9H13N5O/c1-6(3-10)5-14(2)9(15)8-7(11)4-12-13-8/h4,6H,5,11H2,1-2H3,(H,12,13). The molecule has 0 spiro atoms. The van der Waals surface area contributed by atoms with Gasteiger partial charge in [-0.3, -0.25) is 9.89 Å². The molecular weight excluding hydrogens is 194 g/mol. The van der Waals surface area contributed by atoms with Gasteiger partial charge in [0.05, 0.1) is 23.9 Å². The minimum absolute atomic E-state index is 0.205. The fourth-order valence-corrected chi connectivity index (χ4v) is 1.19. The maximum absolute atomic E-state index is 11.7. The Labute approximate surface area is 87.7 Å². The molecule has 0 aromatic carbocycles. The molecular formula is C9H13N5O. The molecule has 0 saturated heterocycles. The maximum atomic E-state index is 11.7. The Hall–Kier alpha value is -2.03. The monoisotopic (exact) mass is 207 g/mol. The van der Waals surface area contributed by atoms with Gasteiger partial charge in [-0.1, -0.05) is 0 Å². The summed E-state index contributed by atoms with van der Waals surface area (Å²) in [6, 6.07) is 2.06. The summed E-state index contributed by atoms with van der Waals surface area (Å²) in [5.41, 5.74) is 6.12. The highest BCUT2D eigenvalue weighted by molar-refractivity contribution is 5.96. The average molecular weight is 207 g/mol. The molecule has 1 heterocycles. The fraction of sp³-hybridized carbons (Fsp3) is 0.444. The molecule has 0 aliphatic heterocycles. The molecule has 0 radical (unpaired) electrons. The zero-order chi connectivity index (χ0) is 11.4. The first-order chi connectivity index (χ1) is 7.06. The first kappa shape index (κ1) is 11.0. The lowest BCUT2D eigenvalue weighted by atomic mass is 10.2. The van der Waals surface area contributed by atoms with Crippen molar-refractivity contribution in [2.24, 2.45) is 5.92 Å². The van der Waals surface area contributed by atoms with Crippen LogP contribution in [-0.2, 0) is 0 Å². The Morgan fingerprint density at radius 1 is 1.87 bits per heavy atom. The van der Waals surface area contributed by atoms with Crippen LogP contribution in [0.4, 0.5) is 5.69 Å². The van der Waals surface area contributed by atoms with E-state index in [0.717, 1.165) is 0 Å². The van der Waals surface area contributed by atoms with Crippen molar-refractivity contribution in [1.82, 2.24) is 15.1 Å². The number of hydrogen-bond donors (Lipinski definition) is 2. The highest BCUT2D eigenvalue weighted by Gasteiger charge is 2.17. The highest BCUT2D eigenvalue weighted by atomic mass is 16.2. The molecule has 0 saturated carbocycles. The van der Waals surface area contributed by atoms with Gasteiger partial charge in [-0.15, -0.1) is 0 Å². The predicted octanol–water partition coefficient (Wildman–Crippen LogP) is 0.224. The Kier molecular flexibility index (Phi) is 3.29. The van der Waals surface area contributed by atoms with Gasteiger partial charge in [-0.05, 0) is 6.92 Å². The van der Waals surface area contributed by atoms with Crippen LogP contribution in [-0.4, -0.2) is 34.6 Å². The summed E-state index contributed by atoms with van der Waals surface area (Å²) in [5, 5.41) is 14.8. The molecule has 6 heteroatoms. The maximum Gasteiger partial charge on any atom is 0.273 e. The molecule has 1 rings (SSSR count). The summed E-state index contributed by atoms with van der Waals surface area (Å²) in [6.45, 7) is 2.12. The van der Waals surface area contributed by atoms with Crippen LogP contribution in [0.2, 0.25) is 0 Å². The summed E-state index contributed by atoms with van der Waals surface area (Å²) in [5.74, 6) is -0.463. The third-order valence-electron chi connectivity index (χ3n) is 2.00. The highest BCUT2D eigenvalue weighted by Crippen LogP contribution is 2.09. The number of amides is 1. The van der Waals surface area contributed by atoms with E-state index in [0.29, 0.717) is 12.2 Å². The molecule has 3 N–H and O–H groups in total. The lowest BCUT2D eigenvalue weighted by molar-refractivity contribution is 0.0780. The van der Waals surface area contributed by atoms with E-state index in [4.69, 9.17) is 11.0 Å². The Bertz CT molecular complexity index is 391. The van der Waals surface area contributed by atoms with Gasteiger partial charge in [-0.2, -0.15) is 10.4 Å². The fourth-order valence-electron chi connectivity index (χ4n) is 1.19. The van der Waals surface area contributed by atoms with E-state index in [2.05, 4.69) is 16.3 Å². The van der Waals surface area contributed by atoms with Crippen LogP contribution in [0, 0.1) is 17.2 Å². The summed E-state index contributed by atoms with van der Waals surface area (Å²) >= 11 is 0. The number of nitrogens with two attached hydrogens (primary N) is 1. The van der Waals surface area contributed by atoms with Gasteiger partial charge in [-0.25, -0.2) is 0 Å². The third kappa shape index (κ3) is 2.47. The molecule has 15 heavy (non-hydrogen) atoms. The minimum Gasteiger partial charge on any atom is -0.396 e. The predicted molar refractivity (Wildman–Crippen MR) is 54.7 cm³/mol. The molecule has 0 aliphatic rings.